The predicted octanol–water partition coefficient (Wildman–Crippen LogP) is 2.94. The Bertz CT molecular complexity index is 1050. The van der Waals surface area contributed by atoms with E-state index in [4.69, 9.17) is 11.0 Å². The normalized spacial score (nSPS) is 20.6. The predicted molar refractivity (Wildman–Crippen MR) is 127 cm³/mol. The number of nitrogens with two attached hydrogens (primary N) is 1. The highest BCUT2D eigenvalue weighted by atomic mass is 32.2. The third kappa shape index (κ3) is 5.88. The van der Waals surface area contributed by atoms with E-state index in [2.05, 4.69) is 28.2 Å². The van der Waals surface area contributed by atoms with Crippen molar-refractivity contribution in [2.75, 3.05) is 34.8 Å². The number of rotatable bonds is 5. The Kier molecular flexibility index (Phi) is 7.56. The maximum atomic E-state index is 12.7. The van der Waals surface area contributed by atoms with Gasteiger partial charge in [-0.2, -0.15) is 5.26 Å². The number of carbonyl (C=O) groups is 1. The highest BCUT2D eigenvalue weighted by Gasteiger charge is 2.27. The van der Waals surface area contributed by atoms with Gasteiger partial charge in [-0.15, -0.1) is 0 Å². The highest BCUT2D eigenvalue weighted by molar-refractivity contribution is 7.91. The molecule has 32 heavy (non-hydrogen) atoms. The molecule has 3 rings (SSSR count). The van der Waals surface area contributed by atoms with E-state index in [-0.39, 0.29) is 28.8 Å². The summed E-state index contributed by atoms with van der Waals surface area (Å²) in [7, 11) is -2.93. The van der Waals surface area contributed by atoms with Gasteiger partial charge in [0, 0.05) is 19.3 Å². The lowest BCUT2D eigenvalue weighted by atomic mass is 9.92. The number of carbonyl (C=O) groups excluding carboxylic acids is 1. The van der Waals surface area contributed by atoms with Gasteiger partial charge in [0.05, 0.1) is 22.9 Å². The van der Waals surface area contributed by atoms with Crippen LogP contribution in [0.4, 0.5) is 11.4 Å². The number of anilines is 2. The van der Waals surface area contributed by atoms with Gasteiger partial charge in [-0.25, -0.2) is 13.4 Å². The van der Waals surface area contributed by atoms with E-state index in [0.29, 0.717) is 24.4 Å². The SMILES string of the molecule is CC(=N/C(C#N)=C\N)C(=O)Nc1ccc(C2CCS(=O)(=O)CC2)cc1N1CCC(C)CC1. The number of nitriles is 1. The van der Waals surface area contributed by atoms with Crippen molar-refractivity contribution in [2.24, 2.45) is 16.6 Å². The van der Waals surface area contributed by atoms with Crippen molar-refractivity contribution in [1.82, 2.24) is 0 Å². The van der Waals surface area contributed by atoms with Crippen LogP contribution in [0.1, 0.15) is 51.0 Å². The average molecular weight is 458 g/mol. The van der Waals surface area contributed by atoms with Crippen LogP contribution in [0, 0.1) is 17.2 Å². The van der Waals surface area contributed by atoms with E-state index in [0.717, 1.165) is 43.4 Å². The van der Waals surface area contributed by atoms with Crippen molar-refractivity contribution in [1.29, 1.82) is 5.26 Å². The standard InChI is InChI=1S/C23H31N5O3S/c1-16-5-9-28(10-6-16)22-13-19(18-7-11-32(30,31)12-8-18)3-4-21(22)27-23(29)17(2)26-20(14-24)15-25/h3-4,13-14,16,18H,5-12,24H2,1-2H3,(H,27,29)/b20-14-,26-17?. The Morgan fingerprint density at radius 3 is 2.50 bits per heavy atom. The van der Waals surface area contributed by atoms with Crippen molar-refractivity contribution in [2.45, 2.75) is 45.4 Å². The Hall–Kier alpha value is -2.86. The van der Waals surface area contributed by atoms with Crippen molar-refractivity contribution in [3.05, 3.63) is 35.7 Å². The third-order valence-corrected chi connectivity index (χ3v) is 8.02. The molecule has 2 heterocycles. The van der Waals surface area contributed by atoms with Gasteiger partial charge in [0.1, 0.15) is 21.6 Å². The maximum absolute atomic E-state index is 12.7. The van der Waals surface area contributed by atoms with Gasteiger partial charge < -0.3 is 16.0 Å². The lowest BCUT2D eigenvalue weighted by Crippen LogP contribution is -2.34. The van der Waals surface area contributed by atoms with Crippen LogP contribution in [-0.4, -0.2) is 44.6 Å². The molecule has 0 atom stereocenters. The zero-order valence-corrected chi connectivity index (χ0v) is 19.5. The fraction of sp³-hybridized carbons (Fsp3) is 0.522. The molecule has 1 aromatic rings. The topological polar surface area (TPSA) is 129 Å². The Morgan fingerprint density at radius 2 is 1.91 bits per heavy atom. The quantitative estimate of drug-likeness (QED) is 0.517. The van der Waals surface area contributed by atoms with E-state index in [1.165, 1.54) is 6.92 Å². The fourth-order valence-corrected chi connectivity index (χ4v) is 5.68. The number of nitrogens with zero attached hydrogens (tertiary/aromatic N) is 3. The van der Waals surface area contributed by atoms with Crippen LogP contribution in [0.5, 0.6) is 0 Å². The second-order valence-electron chi connectivity index (χ2n) is 8.69. The molecule has 2 aliphatic rings. The number of hydrogen-bond acceptors (Lipinski definition) is 7. The van der Waals surface area contributed by atoms with Crippen molar-refractivity contribution in [3.8, 4) is 6.07 Å². The van der Waals surface area contributed by atoms with Crippen LogP contribution in [0.15, 0.2) is 35.1 Å². The summed E-state index contributed by atoms with van der Waals surface area (Å²) in [6.07, 6.45) is 4.47. The molecule has 0 radical (unpaired) electrons. The minimum absolute atomic E-state index is 0.0227. The molecule has 1 aromatic carbocycles. The van der Waals surface area contributed by atoms with E-state index in [9.17, 15) is 13.2 Å². The van der Waals surface area contributed by atoms with Gasteiger partial charge in [-0.1, -0.05) is 13.0 Å². The Balaban J connectivity index is 1.88. The van der Waals surface area contributed by atoms with E-state index in [1.807, 2.05) is 18.2 Å². The van der Waals surface area contributed by atoms with Crippen LogP contribution in [0.3, 0.4) is 0 Å². The van der Waals surface area contributed by atoms with Gasteiger partial charge >= 0.3 is 0 Å². The van der Waals surface area contributed by atoms with Gasteiger partial charge in [-0.05, 0) is 62.1 Å². The zero-order chi connectivity index (χ0) is 23.3. The maximum Gasteiger partial charge on any atom is 0.269 e. The number of aliphatic imine (C=N–C) groups is 1. The first-order valence-corrected chi connectivity index (χ1v) is 12.8. The number of sulfone groups is 1. The summed E-state index contributed by atoms with van der Waals surface area (Å²) in [5.41, 5.74) is 8.20. The summed E-state index contributed by atoms with van der Waals surface area (Å²) in [6.45, 7) is 5.58. The first-order chi connectivity index (χ1) is 15.2. The van der Waals surface area contributed by atoms with Crippen LogP contribution in [0.2, 0.25) is 0 Å². The fourth-order valence-electron chi connectivity index (χ4n) is 4.19. The van der Waals surface area contributed by atoms with Gasteiger partial charge in [0.15, 0.2) is 5.70 Å². The van der Waals surface area contributed by atoms with Crippen molar-refractivity contribution < 1.29 is 13.2 Å². The van der Waals surface area contributed by atoms with Crippen molar-refractivity contribution in [3.63, 3.8) is 0 Å². The zero-order valence-electron chi connectivity index (χ0n) is 18.7. The van der Waals surface area contributed by atoms with Crippen LogP contribution < -0.4 is 16.0 Å². The molecule has 0 saturated carbocycles. The first-order valence-electron chi connectivity index (χ1n) is 11.0. The largest absolute Gasteiger partial charge is 0.402 e. The molecule has 0 aromatic heterocycles. The minimum Gasteiger partial charge on any atom is -0.402 e. The molecule has 0 aliphatic carbocycles. The molecule has 3 N–H and O–H groups in total. The van der Waals surface area contributed by atoms with Crippen molar-refractivity contribution >= 4 is 32.8 Å². The number of nitrogens with one attached hydrogen (secondary N) is 1. The van der Waals surface area contributed by atoms with E-state index < -0.39 is 15.7 Å². The Morgan fingerprint density at radius 1 is 1.25 bits per heavy atom. The van der Waals surface area contributed by atoms with Crippen LogP contribution in [-0.2, 0) is 14.6 Å². The molecule has 2 saturated heterocycles. The average Bonchev–Trinajstić information content (AvgIpc) is 2.78. The molecule has 0 spiro atoms. The van der Waals surface area contributed by atoms with Gasteiger partial charge in [0.2, 0.25) is 0 Å². The number of allylic oxidation sites excluding steroid dienone is 1. The van der Waals surface area contributed by atoms with E-state index in [1.54, 1.807) is 0 Å². The molecule has 0 bridgehead atoms. The minimum atomic E-state index is -2.93. The molecule has 0 unspecified atom stereocenters. The van der Waals surface area contributed by atoms with E-state index >= 15 is 0 Å². The smallest absolute Gasteiger partial charge is 0.269 e. The lowest BCUT2D eigenvalue weighted by molar-refractivity contribution is -0.110. The van der Waals surface area contributed by atoms with Gasteiger partial charge in [0.25, 0.3) is 5.91 Å². The number of benzene rings is 1. The van der Waals surface area contributed by atoms with Crippen LogP contribution >= 0.6 is 0 Å². The monoisotopic (exact) mass is 457 g/mol. The summed E-state index contributed by atoms with van der Waals surface area (Å²) in [5, 5.41) is 11.9. The first kappa shape index (κ1) is 23.8. The summed E-state index contributed by atoms with van der Waals surface area (Å²) in [4.78, 5) is 19.0. The molecule has 2 fully saturated rings. The summed E-state index contributed by atoms with van der Waals surface area (Å²) < 4.78 is 23.7. The molecule has 2 aliphatic heterocycles. The third-order valence-electron chi connectivity index (χ3n) is 6.31. The van der Waals surface area contributed by atoms with Crippen LogP contribution in [0.25, 0.3) is 0 Å². The van der Waals surface area contributed by atoms with Gasteiger partial charge in [-0.3, -0.25) is 4.79 Å². The summed E-state index contributed by atoms with van der Waals surface area (Å²) in [5.74, 6) is 0.902. The molecule has 8 nitrogen and oxygen atoms in total. The molecular formula is C23H31N5O3S. The lowest BCUT2D eigenvalue weighted by Gasteiger charge is -2.34. The number of piperidine rings is 1. The number of hydrogen-bond donors (Lipinski definition) is 2. The molecule has 1 amide bonds. The number of amides is 1. The molecular weight excluding hydrogens is 426 g/mol. The molecule has 9 heteroatoms. The summed E-state index contributed by atoms with van der Waals surface area (Å²) in [6, 6.07) is 7.80. The summed E-state index contributed by atoms with van der Waals surface area (Å²) >= 11 is 0. The Labute approximate surface area is 190 Å². The second kappa shape index (κ2) is 10.2. The molecule has 172 valence electrons. The second-order valence-corrected chi connectivity index (χ2v) is 11.0. The highest BCUT2D eigenvalue weighted by Crippen LogP contribution is 2.36.